The van der Waals surface area contributed by atoms with E-state index in [0.717, 1.165) is 5.69 Å². The van der Waals surface area contributed by atoms with Crippen molar-refractivity contribution in [1.29, 1.82) is 0 Å². The van der Waals surface area contributed by atoms with Crippen molar-refractivity contribution >= 4 is 23.2 Å². The van der Waals surface area contributed by atoms with E-state index >= 15 is 0 Å². The maximum atomic E-state index is 11.8. The Hall–Kier alpha value is -3.23. The maximum absolute atomic E-state index is 11.8. The lowest BCUT2D eigenvalue weighted by molar-refractivity contribution is -0.384. The molecule has 1 amide bonds. The van der Waals surface area contributed by atoms with Gasteiger partial charge in [-0.1, -0.05) is 0 Å². The zero-order chi connectivity index (χ0) is 20.2. The van der Waals surface area contributed by atoms with Gasteiger partial charge in [-0.05, 0) is 39.8 Å². The second-order valence-corrected chi connectivity index (χ2v) is 7.00. The molecule has 0 aliphatic heterocycles. The monoisotopic (exact) mass is 373 g/mol. The largest absolute Gasteiger partial charge is 0.444 e. The summed E-state index contributed by atoms with van der Waals surface area (Å²) in [7, 11) is 1.81. The van der Waals surface area contributed by atoms with E-state index in [9.17, 15) is 14.9 Å². The number of rotatable bonds is 5. The summed E-state index contributed by atoms with van der Waals surface area (Å²) in [4.78, 5) is 32.5. The minimum Gasteiger partial charge on any atom is -0.444 e. The molecule has 9 nitrogen and oxygen atoms in total. The molecule has 27 heavy (non-hydrogen) atoms. The van der Waals surface area contributed by atoms with Gasteiger partial charge in [0.2, 0.25) is 0 Å². The predicted octanol–water partition coefficient (Wildman–Crippen LogP) is 3.74. The van der Waals surface area contributed by atoms with Crippen molar-refractivity contribution in [3.05, 3.63) is 52.6 Å². The lowest BCUT2D eigenvalue weighted by atomic mass is 10.2. The van der Waals surface area contributed by atoms with Crippen LogP contribution in [0, 0.1) is 10.1 Å². The normalized spacial score (nSPS) is 12.2. The molecule has 0 spiro atoms. The van der Waals surface area contributed by atoms with Gasteiger partial charge in [-0.15, -0.1) is 0 Å². The number of anilines is 2. The van der Waals surface area contributed by atoms with Gasteiger partial charge in [-0.25, -0.2) is 14.8 Å². The summed E-state index contributed by atoms with van der Waals surface area (Å²) < 4.78 is 5.21. The zero-order valence-corrected chi connectivity index (χ0v) is 16.0. The molecule has 2 aromatic rings. The Balaban J connectivity index is 2.05. The number of amides is 1. The number of nitrogens with zero attached hydrogens (tertiary/aromatic N) is 4. The number of hydrogen-bond donors (Lipinski definition) is 1. The lowest BCUT2D eigenvalue weighted by Gasteiger charge is -2.22. The standard InChI is InChI=1S/C18H23N5O4/c1-12(21-17(24)27-18(2,3)4)16-19-10-15(11-20-16)22(5)13-6-8-14(9-7-13)23(25)26/h6-12H,1-5H3,(H,21,24). The molecule has 0 aliphatic rings. The minimum absolute atomic E-state index is 0.0285. The Morgan fingerprint density at radius 3 is 2.22 bits per heavy atom. The van der Waals surface area contributed by atoms with Crippen molar-refractivity contribution in [3.8, 4) is 0 Å². The third-order valence-corrected chi connectivity index (χ3v) is 3.61. The Morgan fingerprint density at radius 1 is 1.19 bits per heavy atom. The van der Waals surface area contributed by atoms with Crippen LogP contribution in [0.1, 0.15) is 39.6 Å². The second kappa shape index (κ2) is 7.98. The molecule has 9 heteroatoms. The second-order valence-electron chi connectivity index (χ2n) is 7.00. The number of non-ortho nitro benzene ring substituents is 1. The lowest BCUT2D eigenvalue weighted by Crippen LogP contribution is -2.34. The van der Waals surface area contributed by atoms with Crippen LogP contribution >= 0.6 is 0 Å². The smallest absolute Gasteiger partial charge is 0.408 e. The van der Waals surface area contributed by atoms with Crippen molar-refractivity contribution in [2.45, 2.75) is 39.3 Å². The Labute approximate surface area is 157 Å². The first-order chi connectivity index (χ1) is 12.6. The van der Waals surface area contributed by atoms with Crippen LogP contribution in [0.2, 0.25) is 0 Å². The summed E-state index contributed by atoms with van der Waals surface area (Å²) in [5.74, 6) is 0.446. The van der Waals surface area contributed by atoms with Gasteiger partial charge in [0, 0.05) is 24.9 Å². The number of carbonyl (C=O) groups is 1. The molecule has 2 rings (SSSR count). The SMILES string of the molecule is CC(NC(=O)OC(C)(C)C)c1ncc(N(C)c2ccc([N+](=O)[O-])cc2)cn1. The van der Waals surface area contributed by atoms with Gasteiger partial charge in [-0.3, -0.25) is 10.1 Å². The molecule has 1 unspecified atom stereocenters. The number of carbonyl (C=O) groups excluding carboxylic acids is 1. The fourth-order valence-corrected chi connectivity index (χ4v) is 2.22. The highest BCUT2D eigenvalue weighted by molar-refractivity contribution is 5.68. The predicted molar refractivity (Wildman–Crippen MR) is 101 cm³/mol. The molecule has 1 heterocycles. The van der Waals surface area contributed by atoms with Crippen molar-refractivity contribution in [2.24, 2.45) is 0 Å². The Morgan fingerprint density at radius 2 is 1.74 bits per heavy atom. The van der Waals surface area contributed by atoms with E-state index in [1.165, 1.54) is 12.1 Å². The average molecular weight is 373 g/mol. The summed E-state index contributed by atoms with van der Waals surface area (Å²) in [5, 5.41) is 13.4. The molecule has 0 bridgehead atoms. The highest BCUT2D eigenvalue weighted by Crippen LogP contribution is 2.25. The van der Waals surface area contributed by atoms with Gasteiger partial charge in [0.25, 0.3) is 5.69 Å². The minimum atomic E-state index is -0.581. The highest BCUT2D eigenvalue weighted by atomic mass is 16.6. The number of ether oxygens (including phenoxy) is 1. The van der Waals surface area contributed by atoms with Crippen LogP contribution in [0.15, 0.2) is 36.7 Å². The summed E-state index contributed by atoms with van der Waals surface area (Å²) in [6.45, 7) is 7.13. The number of aromatic nitrogens is 2. The van der Waals surface area contributed by atoms with Crippen molar-refractivity contribution < 1.29 is 14.5 Å². The first-order valence-corrected chi connectivity index (χ1v) is 8.36. The van der Waals surface area contributed by atoms with E-state index in [2.05, 4.69) is 15.3 Å². The summed E-state index contributed by atoms with van der Waals surface area (Å²) in [5.41, 5.74) is 0.914. The molecule has 0 aliphatic carbocycles. The number of nitro groups is 1. The molecule has 0 saturated heterocycles. The summed E-state index contributed by atoms with van der Waals surface area (Å²) in [6.07, 6.45) is 2.71. The van der Waals surface area contributed by atoms with Crippen LogP contribution in [0.25, 0.3) is 0 Å². The molecule has 1 atom stereocenters. The van der Waals surface area contributed by atoms with E-state index < -0.39 is 22.7 Å². The van der Waals surface area contributed by atoms with Crippen LogP contribution in [-0.2, 0) is 4.74 Å². The van der Waals surface area contributed by atoms with E-state index in [1.54, 1.807) is 57.1 Å². The number of nitrogens with one attached hydrogen (secondary N) is 1. The molecular weight excluding hydrogens is 350 g/mol. The van der Waals surface area contributed by atoms with Crippen LogP contribution in [0.4, 0.5) is 21.9 Å². The first kappa shape index (κ1) is 20.1. The van der Waals surface area contributed by atoms with Crippen LogP contribution < -0.4 is 10.2 Å². The third kappa shape index (κ3) is 5.63. The molecule has 1 aromatic heterocycles. The number of benzene rings is 1. The first-order valence-electron chi connectivity index (χ1n) is 8.36. The molecule has 1 aromatic carbocycles. The Bertz CT molecular complexity index is 800. The summed E-state index contributed by atoms with van der Waals surface area (Å²) in [6, 6.07) is 5.76. The third-order valence-electron chi connectivity index (χ3n) is 3.61. The zero-order valence-electron chi connectivity index (χ0n) is 16.0. The van der Waals surface area contributed by atoms with Gasteiger partial charge >= 0.3 is 6.09 Å². The van der Waals surface area contributed by atoms with Crippen molar-refractivity contribution in [1.82, 2.24) is 15.3 Å². The average Bonchev–Trinajstić information content (AvgIpc) is 2.59. The topological polar surface area (TPSA) is 110 Å². The number of nitro benzene ring substituents is 1. The van der Waals surface area contributed by atoms with E-state index in [-0.39, 0.29) is 5.69 Å². The van der Waals surface area contributed by atoms with Crippen molar-refractivity contribution in [3.63, 3.8) is 0 Å². The molecule has 144 valence electrons. The number of alkyl carbamates (subject to hydrolysis) is 1. The fraction of sp³-hybridized carbons (Fsp3) is 0.389. The molecule has 0 fully saturated rings. The van der Waals surface area contributed by atoms with Gasteiger partial charge < -0.3 is 15.0 Å². The molecule has 0 saturated carbocycles. The molecule has 1 N–H and O–H groups in total. The highest BCUT2D eigenvalue weighted by Gasteiger charge is 2.19. The van der Waals surface area contributed by atoms with E-state index in [4.69, 9.17) is 4.74 Å². The van der Waals surface area contributed by atoms with Crippen molar-refractivity contribution in [2.75, 3.05) is 11.9 Å². The van der Waals surface area contributed by atoms with Gasteiger partial charge in [0.05, 0.1) is 29.0 Å². The van der Waals surface area contributed by atoms with Gasteiger partial charge in [0.15, 0.2) is 0 Å². The van der Waals surface area contributed by atoms with Gasteiger partial charge in [-0.2, -0.15) is 0 Å². The summed E-state index contributed by atoms with van der Waals surface area (Å²) >= 11 is 0. The fourth-order valence-electron chi connectivity index (χ4n) is 2.22. The maximum Gasteiger partial charge on any atom is 0.408 e. The van der Waals surface area contributed by atoms with Crippen LogP contribution in [-0.4, -0.2) is 33.6 Å². The quantitative estimate of drug-likeness (QED) is 0.628. The number of hydrogen-bond acceptors (Lipinski definition) is 7. The van der Waals surface area contributed by atoms with Crippen LogP contribution in [0.3, 0.4) is 0 Å². The molecular formula is C18H23N5O4. The Kier molecular flexibility index (Phi) is 5.94. The van der Waals surface area contributed by atoms with Gasteiger partial charge in [0.1, 0.15) is 11.4 Å². The van der Waals surface area contributed by atoms with E-state index in [0.29, 0.717) is 11.5 Å². The molecule has 0 radical (unpaired) electrons. The van der Waals surface area contributed by atoms with E-state index in [1.807, 2.05) is 7.05 Å². The van der Waals surface area contributed by atoms with Crippen LogP contribution in [0.5, 0.6) is 0 Å².